The number of nitrogens with zero attached hydrogens (tertiary/aromatic N) is 1. The number of aliphatic imine (C=N–C) groups is 1. The second-order valence-electron chi connectivity index (χ2n) is 3.48. The Kier molecular flexibility index (Phi) is 2.15. The van der Waals surface area contributed by atoms with Gasteiger partial charge in [-0.05, 0) is 18.6 Å². The van der Waals surface area contributed by atoms with Crippen LogP contribution in [0.25, 0.3) is 0 Å². The molecule has 0 spiro atoms. The molecule has 0 amide bonds. The highest BCUT2D eigenvalue weighted by atomic mass is 16.6. The number of hydrogen-bond donors (Lipinski definition) is 0. The van der Waals surface area contributed by atoms with Crippen molar-refractivity contribution < 1.29 is 9.53 Å². The maximum absolute atomic E-state index is 11.7. The molecule has 1 heterocycles. The number of hydrogen-bond acceptors (Lipinski definition) is 3. The van der Waals surface area contributed by atoms with Crippen molar-refractivity contribution in [3.05, 3.63) is 48.6 Å². The summed E-state index contributed by atoms with van der Waals surface area (Å²) in [6.07, 6.45) is 1.44. The molecule has 1 atom stereocenters. The molecule has 0 aliphatic carbocycles. The van der Waals surface area contributed by atoms with Crippen LogP contribution in [0.4, 0.5) is 0 Å². The number of carbonyl (C=O) groups is 1. The van der Waals surface area contributed by atoms with E-state index in [1.165, 1.54) is 6.08 Å². The molecule has 1 aromatic carbocycles. The van der Waals surface area contributed by atoms with Gasteiger partial charge in [-0.1, -0.05) is 36.9 Å². The molecule has 3 nitrogen and oxygen atoms in total. The third-order valence-electron chi connectivity index (χ3n) is 2.44. The Labute approximate surface area is 88.1 Å². The first-order valence-electron chi connectivity index (χ1n) is 4.67. The van der Waals surface area contributed by atoms with E-state index in [1.807, 2.05) is 30.3 Å². The molecule has 3 heteroatoms. The fraction of sp³-hybridized carbons (Fsp3) is 0.167. The van der Waals surface area contributed by atoms with Crippen molar-refractivity contribution in [3.63, 3.8) is 0 Å². The van der Waals surface area contributed by atoms with Gasteiger partial charge in [0, 0.05) is 0 Å². The quantitative estimate of drug-likeness (QED) is 0.687. The highest BCUT2D eigenvalue weighted by Gasteiger charge is 2.42. The lowest BCUT2D eigenvalue weighted by atomic mass is 9.93. The van der Waals surface area contributed by atoms with Gasteiger partial charge < -0.3 is 4.74 Å². The maximum Gasteiger partial charge on any atom is 0.345 e. The molecular weight excluding hydrogens is 190 g/mol. The predicted molar refractivity (Wildman–Crippen MR) is 57.5 cm³/mol. The van der Waals surface area contributed by atoms with Crippen molar-refractivity contribution in [1.82, 2.24) is 0 Å². The first kappa shape index (κ1) is 9.65. The van der Waals surface area contributed by atoms with E-state index in [2.05, 4.69) is 11.6 Å². The molecule has 0 saturated heterocycles. The normalized spacial score (nSPS) is 24.6. The molecule has 2 rings (SSSR count). The summed E-state index contributed by atoms with van der Waals surface area (Å²) >= 11 is 0. The molecule has 1 aliphatic rings. The van der Waals surface area contributed by atoms with Crippen LogP contribution in [-0.2, 0) is 15.1 Å². The van der Waals surface area contributed by atoms with Crippen LogP contribution in [0.5, 0.6) is 0 Å². The van der Waals surface area contributed by atoms with Crippen LogP contribution >= 0.6 is 0 Å². The van der Waals surface area contributed by atoms with Crippen LogP contribution in [0.2, 0.25) is 0 Å². The zero-order valence-corrected chi connectivity index (χ0v) is 8.43. The van der Waals surface area contributed by atoms with Crippen LogP contribution in [-0.4, -0.2) is 11.9 Å². The van der Waals surface area contributed by atoms with Gasteiger partial charge in [0.1, 0.15) is 0 Å². The Balaban J connectivity index is 2.47. The highest BCUT2D eigenvalue weighted by molar-refractivity contribution is 6.04. The van der Waals surface area contributed by atoms with Crippen molar-refractivity contribution in [3.8, 4) is 0 Å². The van der Waals surface area contributed by atoms with Crippen molar-refractivity contribution in [2.24, 2.45) is 4.99 Å². The fourth-order valence-electron chi connectivity index (χ4n) is 1.52. The minimum Gasteiger partial charge on any atom is -0.406 e. The van der Waals surface area contributed by atoms with Crippen LogP contribution in [0.1, 0.15) is 12.5 Å². The van der Waals surface area contributed by atoms with Crippen molar-refractivity contribution >= 4 is 11.9 Å². The van der Waals surface area contributed by atoms with Crippen LogP contribution < -0.4 is 0 Å². The molecule has 0 fully saturated rings. The molecule has 1 aromatic rings. The number of ether oxygens (including phenoxy) is 1. The summed E-state index contributed by atoms with van der Waals surface area (Å²) in [4.78, 5) is 15.9. The van der Waals surface area contributed by atoms with E-state index < -0.39 is 5.54 Å². The van der Waals surface area contributed by atoms with Gasteiger partial charge in [0.15, 0.2) is 5.54 Å². The van der Waals surface area contributed by atoms with E-state index in [1.54, 1.807) is 6.92 Å². The van der Waals surface area contributed by atoms with Crippen molar-refractivity contribution in [2.75, 3.05) is 0 Å². The summed E-state index contributed by atoms with van der Waals surface area (Å²) in [5.41, 5.74) is -0.100. The lowest BCUT2D eigenvalue weighted by molar-refractivity contribution is -0.138. The van der Waals surface area contributed by atoms with Gasteiger partial charge in [0.25, 0.3) is 0 Å². The zero-order valence-electron chi connectivity index (χ0n) is 8.43. The van der Waals surface area contributed by atoms with Gasteiger partial charge in [-0.2, -0.15) is 0 Å². The van der Waals surface area contributed by atoms with Crippen LogP contribution in [0, 0.1) is 0 Å². The number of carbonyl (C=O) groups excluding carboxylic acids is 1. The molecule has 1 unspecified atom stereocenters. The van der Waals surface area contributed by atoms with Gasteiger partial charge in [0.2, 0.25) is 5.90 Å². The molecule has 0 aromatic heterocycles. The Morgan fingerprint density at radius 2 is 2.07 bits per heavy atom. The lowest BCUT2D eigenvalue weighted by Gasteiger charge is -2.15. The summed E-state index contributed by atoms with van der Waals surface area (Å²) in [6, 6.07) is 9.35. The van der Waals surface area contributed by atoms with Gasteiger partial charge in [-0.3, -0.25) is 0 Å². The van der Waals surface area contributed by atoms with E-state index in [4.69, 9.17) is 4.74 Å². The monoisotopic (exact) mass is 201 g/mol. The standard InChI is InChI=1S/C12H11NO2/c1-3-10-13-12(2,11(14)15-10)9-7-5-4-6-8-9/h3-8H,1H2,2H3. The topological polar surface area (TPSA) is 38.7 Å². The van der Waals surface area contributed by atoms with Crippen molar-refractivity contribution in [1.29, 1.82) is 0 Å². The number of esters is 1. The summed E-state index contributed by atoms with van der Waals surface area (Å²) in [6.45, 7) is 5.27. The third kappa shape index (κ3) is 1.46. The summed E-state index contributed by atoms with van der Waals surface area (Å²) < 4.78 is 4.97. The summed E-state index contributed by atoms with van der Waals surface area (Å²) in [5, 5.41) is 0. The molecule has 1 aliphatic heterocycles. The number of benzene rings is 1. The van der Waals surface area contributed by atoms with E-state index in [0.29, 0.717) is 0 Å². The highest BCUT2D eigenvalue weighted by Crippen LogP contribution is 2.31. The Bertz CT molecular complexity index is 436. The second kappa shape index (κ2) is 3.35. The zero-order chi connectivity index (χ0) is 10.9. The molecule has 0 bridgehead atoms. The molecular formula is C12H11NO2. The average molecular weight is 201 g/mol. The maximum atomic E-state index is 11.7. The largest absolute Gasteiger partial charge is 0.406 e. The molecule has 15 heavy (non-hydrogen) atoms. The number of cyclic esters (lactones) is 1. The summed E-state index contributed by atoms with van der Waals surface area (Å²) in [5.74, 6) is -0.0741. The van der Waals surface area contributed by atoms with E-state index in [9.17, 15) is 4.79 Å². The minimum absolute atomic E-state index is 0.284. The Hall–Kier alpha value is -1.90. The van der Waals surface area contributed by atoms with E-state index in [0.717, 1.165) is 5.56 Å². The van der Waals surface area contributed by atoms with Gasteiger partial charge in [-0.25, -0.2) is 9.79 Å². The van der Waals surface area contributed by atoms with E-state index >= 15 is 0 Å². The van der Waals surface area contributed by atoms with Crippen LogP contribution in [0.15, 0.2) is 48.0 Å². The molecule has 76 valence electrons. The first-order chi connectivity index (χ1) is 7.16. The smallest absolute Gasteiger partial charge is 0.345 e. The van der Waals surface area contributed by atoms with Crippen molar-refractivity contribution in [2.45, 2.75) is 12.5 Å². The summed E-state index contributed by atoms with van der Waals surface area (Å²) in [7, 11) is 0. The van der Waals surface area contributed by atoms with Gasteiger partial charge >= 0.3 is 5.97 Å². The SMILES string of the molecule is C=CC1=NC(C)(c2ccccc2)C(=O)O1. The Morgan fingerprint density at radius 1 is 1.40 bits per heavy atom. The molecule has 0 radical (unpaired) electrons. The third-order valence-corrected chi connectivity index (χ3v) is 2.44. The first-order valence-corrected chi connectivity index (χ1v) is 4.67. The van der Waals surface area contributed by atoms with Gasteiger partial charge in [0.05, 0.1) is 0 Å². The van der Waals surface area contributed by atoms with Gasteiger partial charge in [-0.15, -0.1) is 0 Å². The molecule has 0 N–H and O–H groups in total. The Morgan fingerprint density at radius 3 is 2.60 bits per heavy atom. The fourth-order valence-corrected chi connectivity index (χ4v) is 1.52. The molecule has 0 saturated carbocycles. The predicted octanol–water partition coefficient (Wildman–Crippen LogP) is 2.04. The second-order valence-corrected chi connectivity index (χ2v) is 3.48. The minimum atomic E-state index is -0.926. The lowest BCUT2D eigenvalue weighted by Crippen LogP contribution is -2.26. The average Bonchev–Trinajstić information content (AvgIpc) is 2.57. The van der Waals surface area contributed by atoms with Crippen LogP contribution in [0.3, 0.4) is 0 Å². The number of rotatable bonds is 2. The van der Waals surface area contributed by atoms with E-state index in [-0.39, 0.29) is 11.9 Å².